The average molecular weight is 551 g/mol. The molecular weight excluding hydrogens is 543 g/mol. The second-order valence-corrected chi connectivity index (χ2v) is 9.10. The Hall–Kier alpha value is 1.09. The van der Waals surface area contributed by atoms with Crippen molar-refractivity contribution >= 4 is 81.7 Å². The Morgan fingerprint density at radius 3 is 2.47 bits per heavy atom. The summed E-state index contributed by atoms with van der Waals surface area (Å²) >= 11 is 15.1. The van der Waals surface area contributed by atoms with Gasteiger partial charge in [-0.1, -0.05) is 47.8 Å². The first-order valence-electron chi connectivity index (χ1n) is 4.82. The molecule has 0 saturated heterocycles. The van der Waals surface area contributed by atoms with Crippen LogP contribution in [-0.4, -0.2) is 0 Å². The zero-order valence-electron chi connectivity index (χ0n) is 8.81. The fraction of sp³-hybridized carbons (Fsp3) is 0.167. The third kappa shape index (κ3) is 3.35. The molecule has 1 aromatic heterocycles. The summed E-state index contributed by atoms with van der Waals surface area (Å²) in [6, 6.07) is 6.53. The van der Waals surface area contributed by atoms with E-state index in [1.807, 2.05) is 0 Å². The summed E-state index contributed by atoms with van der Waals surface area (Å²) in [5, 5.41) is 2.20. The molecule has 1 atom stereocenters. The fourth-order valence-corrected chi connectivity index (χ4v) is 5.06. The average Bonchev–Trinajstić information content (AvgIpc) is 2.69. The maximum Gasteiger partial charge on any atom is 0.0664 e. The van der Waals surface area contributed by atoms with Gasteiger partial charge in [0.15, 0.2) is 0 Å². The van der Waals surface area contributed by atoms with E-state index >= 15 is 0 Å². The number of alkyl halides is 1. The first-order chi connectivity index (χ1) is 7.99. The van der Waals surface area contributed by atoms with Crippen molar-refractivity contribution in [3.05, 3.63) is 52.1 Å². The second-order valence-electron chi connectivity index (χ2n) is 3.67. The van der Waals surface area contributed by atoms with Crippen molar-refractivity contribution in [3.8, 4) is 0 Å². The minimum Gasteiger partial charge on any atom is -0.137 e. The Balaban J connectivity index is 2.43. The van der Waals surface area contributed by atoms with Gasteiger partial charge in [0.25, 0.3) is 0 Å². The molecule has 0 fully saturated rings. The van der Waals surface area contributed by atoms with Crippen LogP contribution in [0.2, 0.25) is 0 Å². The predicted molar refractivity (Wildman–Crippen MR) is 94.4 cm³/mol. The molecule has 0 bridgehead atoms. The summed E-state index contributed by atoms with van der Waals surface area (Å²) in [4.78, 5) is 0.230. The molecule has 17 heavy (non-hydrogen) atoms. The van der Waals surface area contributed by atoms with Crippen LogP contribution in [0.4, 0.5) is 0 Å². The molecule has 2 rings (SSSR count). The van der Waals surface area contributed by atoms with E-state index in [1.165, 1.54) is 19.6 Å². The summed E-state index contributed by atoms with van der Waals surface area (Å²) in [5.74, 6) is 0. The van der Waals surface area contributed by atoms with Crippen molar-refractivity contribution in [3.63, 3.8) is 0 Å². The maximum absolute atomic E-state index is 3.77. The Kier molecular flexibility index (Phi) is 5.14. The van der Waals surface area contributed by atoms with E-state index < -0.39 is 0 Å². The molecule has 0 radical (unpaired) electrons. The molecule has 0 spiro atoms. The van der Waals surface area contributed by atoms with Crippen molar-refractivity contribution in [2.45, 2.75) is 11.8 Å². The molecule has 1 aromatic carbocycles. The van der Waals surface area contributed by atoms with Gasteiger partial charge in [0.05, 0.1) is 7.71 Å². The highest BCUT2D eigenvalue weighted by Crippen LogP contribution is 2.39. The molecule has 0 amide bonds. The first kappa shape index (κ1) is 14.5. The van der Waals surface area contributed by atoms with E-state index in [0.717, 1.165) is 8.95 Å². The Bertz CT molecular complexity index is 551. The van der Waals surface area contributed by atoms with E-state index in [1.54, 1.807) is 11.3 Å². The van der Waals surface area contributed by atoms with E-state index in [9.17, 15) is 0 Å². The molecule has 0 saturated carbocycles. The summed E-state index contributed by atoms with van der Waals surface area (Å²) in [7, 11) is 0. The van der Waals surface area contributed by atoms with Gasteiger partial charge in [-0.25, -0.2) is 0 Å². The van der Waals surface area contributed by atoms with Gasteiger partial charge in [0.1, 0.15) is 0 Å². The van der Waals surface area contributed by atoms with Gasteiger partial charge in [0, 0.05) is 8.95 Å². The number of benzene rings is 1. The Labute approximate surface area is 144 Å². The first-order valence-corrected chi connectivity index (χ1v) is 9.28. The van der Waals surface area contributed by atoms with Crippen LogP contribution in [0.3, 0.4) is 0 Å². The lowest BCUT2D eigenvalue weighted by atomic mass is 10.1. The van der Waals surface area contributed by atoms with E-state index in [-0.39, 0.29) is 4.83 Å². The molecule has 0 aliphatic heterocycles. The predicted octanol–water partition coefficient (Wildman–Crippen LogP) is 6.67. The molecule has 0 N–H and O–H groups in total. The van der Waals surface area contributed by atoms with Crippen LogP contribution in [0.1, 0.15) is 21.5 Å². The van der Waals surface area contributed by atoms with E-state index in [2.05, 4.69) is 101 Å². The van der Waals surface area contributed by atoms with Crippen LogP contribution < -0.4 is 0 Å². The minimum atomic E-state index is 0.230. The zero-order valence-corrected chi connectivity index (χ0v) is 16.5. The molecule has 0 aliphatic carbocycles. The van der Waals surface area contributed by atoms with Crippen molar-refractivity contribution in [2.75, 3.05) is 0 Å². The van der Waals surface area contributed by atoms with Gasteiger partial charge in [-0.2, -0.15) is 0 Å². The maximum atomic E-state index is 3.77. The molecule has 5 heteroatoms. The lowest BCUT2D eigenvalue weighted by molar-refractivity contribution is 1.16. The molecule has 1 heterocycles. The van der Waals surface area contributed by atoms with Gasteiger partial charge >= 0.3 is 0 Å². The van der Waals surface area contributed by atoms with Crippen LogP contribution in [0.15, 0.2) is 32.5 Å². The Morgan fingerprint density at radius 2 is 1.88 bits per heavy atom. The SMILES string of the molecule is Cc1cc(Br)c(C(Br)c2csc(I)c2)cc1Br. The number of aryl methyl sites for hydroxylation is 1. The molecular formula is C12H8Br3IS. The second kappa shape index (κ2) is 6.03. The summed E-state index contributed by atoms with van der Waals surface area (Å²) < 4.78 is 3.59. The van der Waals surface area contributed by atoms with Crippen molar-refractivity contribution in [1.82, 2.24) is 0 Å². The van der Waals surface area contributed by atoms with Crippen LogP contribution in [-0.2, 0) is 0 Å². The van der Waals surface area contributed by atoms with Crippen molar-refractivity contribution in [1.29, 1.82) is 0 Å². The summed E-state index contributed by atoms with van der Waals surface area (Å²) in [5.41, 5.74) is 3.78. The molecule has 0 aliphatic rings. The zero-order chi connectivity index (χ0) is 12.6. The van der Waals surface area contributed by atoms with E-state index in [4.69, 9.17) is 0 Å². The van der Waals surface area contributed by atoms with Crippen LogP contribution in [0, 0.1) is 9.81 Å². The lowest BCUT2D eigenvalue weighted by Crippen LogP contribution is -1.93. The number of thiophene rings is 1. The third-order valence-corrected chi connectivity index (χ3v) is 6.80. The van der Waals surface area contributed by atoms with Gasteiger partial charge in [-0.05, 0) is 69.8 Å². The minimum absolute atomic E-state index is 0.230. The third-order valence-electron chi connectivity index (χ3n) is 2.43. The van der Waals surface area contributed by atoms with Gasteiger partial charge in [-0.3, -0.25) is 0 Å². The molecule has 2 aromatic rings. The standard InChI is InChI=1S/C12H8Br3IS/c1-6-2-10(14)8(4-9(6)13)12(15)7-3-11(16)17-5-7/h2-5,12H,1H3. The summed E-state index contributed by atoms with van der Waals surface area (Å²) in [6.45, 7) is 2.09. The number of hydrogen-bond acceptors (Lipinski definition) is 1. The quantitative estimate of drug-likeness (QED) is 0.289. The summed E-state index contributed by atoms with van der Waals surface area (Å²) in [6.07, 6.45) is 0. The normalized spacial score (nSPS) is 12.8. The van der Waals surface area contributed by atoms with Crippen molar-refractivity contribution in [2.24, 2.45) is 0 Å². The van der Waals surface area contributed by atoms with Crippen LogP contribution in [0.25, 0.3) is 0 Å². The van der Waals surface area contributed by atoms with Crippen LogP contribution in [0.5, 0.6) is 0 Å². The highest BCUT2D eigenvalue weighted by Gasteiger charge is 2.16. The highest BCUT2D eigenvalue weighted by molar-refractivity contribution is 14.1. The van der Waals surface area contributed by atoms with Gasteiger partial charge in [-0.15, -0.1) is 11.3 Å². The van der Waals surface area contributed by atoms with Gasteiger partial charge in [0.2, 0.25) is 0 Å². The van der Waals surface area contributed by atoms with Crippen molar-refractivity contribution < 1.29 is 0 Å². The molecule has 0 nitrogen and oxygen atoms in total. The smallest absolute Gasteiger partial charge is 0.0664 e. The number of halogens is 4. The number of hydrogen-bond donors (Lipinski definition) is 0. The highest BCUT2D eigenvalue weighted by atomic mass is 127. The topological polar surface area (TPSA) is 0 Å². The molecule has 90 valence electrons. The monoisotopic (exact) mass is 548 g/mol. The van der Waals surface area contributed by atoms with Gasteiger partial charge < -0.3 is 0 Å². The lowest BCUT2D eigenvalue weighted by Gasteiger charge is -2.13. The number of rotatable bonds is 2. The fourth-order valence-electron chi connectivity index (χ4n) is 1.49. The largest absolute Gasteiger partial charge is 0.137 e. The van der Waals surface area contributed by atoms with Crippen LogP contribution >= 0.6 is 81.7 Å². The Morgan fingerprint density at radius 1 is 1.18 bits per heavy atom. The van der Waals surface area contributed by atoms with E-state index in [0.29, 0.717) is 0 Å². The molecule has 1 unspecified atom stereocenters.